The molecule has 2 rings (SSSR count). The summed E-state index contributed by atoms with van der Waals surface area (Å²) in [6.45, 7) is 1.82. The minimum atomic E-state index is -3.31. The molecule has 5 nitrogen and oxygen atoms in total. The number of Topliss-reactive ketones (excluding diaryl/α,β-unsaturated/α-hetero) is 1. The van der Waals surface area contributed by atoms with Crippen LogP contribution >= 0.6 is 0 Å². The first-order valence-electron chi connectivity index (χ1n) is 10.2. The molecule has 0 bridgehead atoms. The number of aliphatic carboxylic acids is 1. The van der Waals surface area contributed by atoms with E-state index in [0.717, 1.165) is 19.3 Å². The van der Waals surface area contributed by atoms with Crippen LogP contribution in [-0.4, -0.2) is 39.8 Å². The number of hydrogen-bond donors (Lipinski definition) is 2. The van der Waals surface area contributed by atoms with Gasteiger partial charge in [-0.2, -0.15) is 0 Å². The minimum Gasteiger partial charge on any atom is -0.481 e. The van der Waals surface area contributed by atoms with Gasteiger partial charge in [-0.15, -0.1) is 0 Å². The molecule has 1 heterocycles. The van der Waals surface area contributed by atoms with Crippen molar-refractivity contribution in [2.24, 2.45) is 11.8 Å². The molecule has 1 aliphatic carbocycles. The van der Waals surface area contributed by atoms with Gasteiger partial charge in [0.05, 0.1) is 6.10 Å². The first kappa shape index (κ1) is 22.2. The van der Waals surface area contributed by atoms with E-state index in [-0.39, 0.29) is 36.9 Å². The SMILES string of the molecule is CCCCC(F)(F)[C@]1(O)CC[C@@H]2[C@@H](CC(=O)[C@@H]2CCCCCCC(=O)O)O1. The number of hydrogen-bond acceptors (Lipinski definition) is 4. The Morgan fingerprint density at radius 3 is 2.63 bits per heavy atom. The number of fused-ring (bicyclic) bond motifs is 1. The highest BCUT2D eigenvalue weighted by atomic mass is 19.3. The number of alkyl halides is 2. The van der Waals surface area contributed by atoms with Crippen molar-refractivity contribution in [2.45, 2.75) is 102 Å². The molecule has 2 aliphatic rings. The van der Waals surface area contributed by atoms with Crippen LogP contribution in [0.4, 0.5) is 8.78 Å². The van der Waals surface area contributed by atoms with Gasteiger partial charge >= 0.3 is 11.9 Å². The van der Waals surface area contributed by atoms with Crippen LogP contribution in [0.5, 0.6) is 0 Å². The molecule has 1 saturated heterocycles. The molecule has 0 aromatic heterocycles. The van der Waals surface area contributed by atoms with E-state index in [9.17, 15) is 23.5 Å². The maximum absolute atomic E-state index is 14.4. The Labute approximate surface area is 159 Å². The molecule has 27 heavy (non-hydrogen) atoms. The second-order valence-corrected chi connectivity index (χ2v) is 8.07. The fourth-order valence-electron chi connectivity index (χ4n) is 4.42. The molecule has 0 aromatic rings. The average molecular weight is 390 g/mol. The molecule has 0 radical (unpaired) electrons. The normalized spacial score (nSPS) is 31.1. The number of unbranched alkanes of at least 4 members (excludes halogenated alkanes) is 4. The summed E-state index contributed by atoms with van der Waals surface area (Å²) in [5.41, 5.74) is 0. The largest absolute Gasteiger partial charge is 0.481 e. The van der Waals surface area contributed by atoms with Crippen molar-refractivity contribution >= 4 is 11.8 Å². The Hall–Kier alpha value is -1.08. The lowest BCUT2D eigenvalue weighted by Crippen LogP contribution is -2.55. The number of carboxylic acids is 1. The van der Waals surface area contributed by atoms with Crippen LogP contribution in [0.1, 0.15) is 84.0 Å². The zero-order valence-corrected chi connectivity index (χ0v) is 16.1. The lowest BCUT2D eigenvalue weighted by atomic mass is 9.81. The van der Waals surface area contributed by atoms with Crippen molar-refractivity contribution in [1.29, 1.82) is 0 Å². The molecule has 0 amide bonds. The van der Waals surface area contributed by atoms with E-state index in [0.29, 0.717) is 32.1 Å². The maximum atomic E-state index is 14.4. The molecule has 2 fully saturated rings. The fraction of sp³-hybridized carbons (Fsp3) is 0.900. The lowest BCUT2D eigenvalue weighted by Gasteiger charge is -2.43. The highest BCUT2D eigenvalue weighted by Gasteiger charge is 2.59. The van der Waals surface area contributed by atoms with E-state index >= 15 is 0 Å². The van der Waals surface area contributed by atoms with Gasteiger partial charge in [0.25, 0.3) is 0 Å². The van der Waals surface area contributed by atoms with E-state index < -0.39 is 30.2 Å². The number of carbonyl (C=O) groups excluding carboxylic acids is 1. The van der Waals surface area contributed by atoms with Gasteiger partial charge in [-0.3, -0.25) is 9.59 Å². The second-order valence-electron chi connectivity index (χ2n) is 8.07. The summed E-state index contributed by atoms with van der Waals surface area (Å²) in [5, 5.41) is 19.1. The third kappa shape index (κ3) is 5.47. The van der Waals surface area contributed by atoms with Gasteiger partial charge < -0.3 is 14.9 Å². The van der Waals surface area contributed by atoms with Crippen LogP contribution in [0.25, 0.3) is 0 Å². The van der Waals surface area contributed by atoms with Crippen molar-refractivity contribution in [1.82, 2.24) is 0 Å². The van der Waals surface area contributed by atoms with Crippen LogP contribution in [0.3, 0.4) is 0 Å². The minimum absolute atomic E-state index is 0.0386. The number of halogens is 2. The van der Waals surface area contributed by atoms with Gasteiger partial charge in [0.1, 0.15) is 5.78 Å². The number of rotatable bonds is 11. The summed E-state index contributed by atoms with van der Waals surface area (Å²) in [5.74, 6) is -6.82. The number of aliphatic hydroxyl groups is 1. The van der Waals surface area contributed by atoms with E-state index in [1.807, 2.05) is 6.92 Å². The molecule has 0 spiro atoms. The standard InChI is InChI=1S/C20H32F2O5/c1-2-3-11-19(21,22)20(26)12-10-15-14(16(23)13-17(15)27-20)8-6-4-5-7-9-18(24)25/h14-15,17,26H,2-13H2,1H3,(H,24,25)/t14-,15+,17-,20+/m1/s1. The smallest absolute Gasteiger partial charge is 0.303 e. The summed E-state index contributed by atoms with van der Waals surface area (Å²) in [6, 6.07) is 0. The van der Waals surface area contributed by atoms with Crippen LogP contribution in [0, 0.1) is 11.8 Å². The van der Waals surface area contributed by atoms with Gasteiger partial charge in [-0.05, 0) is 31.6 Å². The zero-order valence-electron chi connectivity index (χ0n) is 16.1. The molecule has 2 N–H and O–H groups in total. The van der Waals surface area contributed by atoms with Crippen molar-refractivity contribution in [3.05, 3.63) is 0 Å². The first-order valence-corrected chi connectivity index (χ1v) is 10.2. The topological polar surface area (TPSA) is 83.8 Å². The molecule has 4 atom stereocenters. The molecule has 7 heteroatoms. The van der Waals surface area contributed by atoms with Crippen molar-refractivity contribution in [2.75, 3.05) is 0 Å². The van der Waals surface area contributed by atoms with E-state index in [1.54, 1.807) is 0 Å². The Morgan fingerprint density at radius 1 is 1.26 bits per heavy atom. The van der Waals surface area contributed by atoms with Crippen molar-refractivity contribution < 1.29 is 33.3 Å². The zero-order chi connectivity index (χ0) is 20.1. The number of carbonyl (C=O) groups is 2. The summed E-state index contributed by atoms with van der Waals surface area (Å²) in [4.78, 5) is 22.8. The number of ketones is 1. The van der Waals surface area contributed by atoms with Crippen LogP contribution < -0.4 is 0 Å². The fourth-order valence-corrected chi connectivity index (χ4v) is 4.42. The quantitative estimate of drug-likeness (QED) is 0.514. The molecular formula is C20H32F2O5. The highest BCUT2D eigenvalue weighted by molar-refractivity contribution is 5.84. The Balaban J connectivity index is 1.84. The molecule has 0 unspecified atom stereocenters. The van der Waals surface area contributed by atoms with Gasteiger partial charge in [-0.1, -0.05) is 32.6 Å². The molecule has 1 saturated carbocycles. The second kappa shape index (κ2) is 9.41. The average Bonchev–Trinajstić information content (AvgIpc) is 2.90. The molecule has 156 valence electrons. The molecule has 1 aliphatic heterocycles. The Kier molecular flexibility index (Phi) is 7.74. The van der Waals surface area contributed by atoms with E-state index in [4.69, 9.17) is 9.84 Å². The van der Waals surface area contributed by atoms with Gasteiger partial charge in [0.15, 0.2) is 0 Å². The Bertz CT molecular complexity index is 525. The summed E-state index contributed by atoms with van der Waals surface area (Å²) in [6.07, 6.45) is 4.17. The third-order valence-electron chi connectivity index (χ3n) is 6.04. The van der Waals surface area contributed by atoms with Crippen LogP contribution in [0.15, 0.2) is 0 Å². The van der Waals surface area contributed by atoms with Crippen LogP contribution in [-0.2, 0) is 14.3 Å². The Morgan fingerprint density at radius 2 is 1.96 bits per heavy atom. The highest BCUT2D eigenvalue weighted by Crippen LogP contribution is 2.49. The monoisotopic (exact) mass is 390 g/mol. The lowest BCUT2D eigenvalue weighted by molar-refractivity contribution is -0.356. The first-order chi connectivity index (χ1) is 12.7. The van der Waals surface area contributed by atoms with Crippen LogP contribution in [0.2, 0.25) is 0 Å². The van der Waals surface area contributed by atoms with Crippen molar-refractivity contribution in [3.63, 3.8) is 0 Å². The number of ether oxygens (including phenoxy) is 1. The third-order valence-corrected chi connectivity index (χ3v) is 6.04. The van der Waals surface area contributed by atoms with Crippen molar-refractivity contribution in [3.8, 4) is 0 Å². The maximum Gasteiger partial charge on any atom is 0.303 e. The summed E-state index contributed by atoms with van der Waals surface area (Å²) >= 11 is 0. The van der Waals surface area contributed by atoms with Gasteiger partial charge in [-0.25, -0.2) is 8.78 Å². The summed E-state index contributed by atoms with van der Waals surface area (Å²) < 4.78 is 34.3. The van der Waals surface area contributed by atoms with E-state index in [1.165, 1.54) is 0 Å². The molecular weight excluding hydrogens is 358 g/mol. The predicted molar refractivity (Wildman–Crippen MR) is 95.5 cm³/mol. The van der Waals surface area contributed by atoms with Gasteiger partial charge in [0.2, 0.25) is 5.79 Å². The van der Waals surface area contributed by atoms with Gasteiger partial charge in [0, 0.05) is 31.6 Å². The number of carboxylic acid groups (broad SMARTS) is 1. The predicted octanol–water partition coefficient (Wildman–Crippen LogP) is 4.31. The van der Waals surface area contributed by atoms with E-state index in [2.05, 4.69) is 0 Å². The summed E-state index contributed by atoms with van der Waals surface area (Å²) in [7, 11) is 0. The molecule has 0 aromatic carbocycles.